The van der Waals surface area contributed by atoms with Crippen molar-refractivity contribution in [2.24, 2.45) is 5.92 Å². The SMILES string of the molecule is CCC(CC)C(Br)CNC(=O)c1cc(Cl)ccc1I. The van der Waals surface area contributed by atoms with Crippen molar-refractivity contribution in [1.82, 2.24) is 5.32 Å². The molecule has 0 aliphatic rings. The van der Waals surface area contributed by atoms with Crippen LogP contribution in [0.25, 0.3) is 0 Å². The van der Waals surface area contributed by atoms with Gasteiger partial charge in [0.2, 0.25) is 0 Å². The minimum absolute atomic E-state index is 0.0673. The van der Waals surface area contributed by atoms with E-state index in [1.807, 2.05) is 6.07 Å². The summed E-state index contributed by atoms with van der Waals surface area (Å²) in [5, 5.41) is 3.55. The van der Waals surface area contributed by atoms with Crippen molar-refractivity contribution in [2.75, 3.05) is 6.54 Å². The third-order valence-corrected chi connectivity index (χ3v) is 5.44. The second-order valence-corrected chi connectivity index (χ2v) is 7.20. The Hall–Kier alpha value is 0.190. The summed E-state index contributed by atoms with van der Waals surface area (Å²) in [5.74, 6) is 0.515. The highest BCUT2D eigenvalue weighted by molar-refractivity contribution is 14.1. The molecule has 0 aromatic heterocycles. The fraction of sp³-hybridized carbons (Fsp3) is 0.500. The number of benzene rings is 1. The van der Waals surface area contributed by atoms with Crippen LogP contribution < -0.4 is 5.32 Å². The van der Waals surface area contributed by atoms with E-state index in [9.17, 15) is 4.79 Å². The van der Waals surface area contributed by atoms with Gasteiger partial charge in [0.05, 0.1) is 5.56 Å². The molecule has 0 saturated carbocycles. The predicted molar refractivity (Wildman–Crippen MR) is 93.3 cm³/mol. The fourth-order valence-corrected chi connectivity index (χ4v) is 3.59. The molecule has 0 aliphatic carbocycles. The first-order chi connectivity index (χ1) is 8.99. The lowest BCUT2D eigenvalue weighted by Crippen LogP contribution is -2.33. The van der Waals surface area contributed by atoms with Gasteiger partial charge < -0.3 is 5.32 Å². The molecule has 1 aromatic carbocycles. The maximum absolute atomic E-state index is 12.1. The molecule has 0 heterocycles. The van der Waals surface area contributed by atoms with Crippen molar-refractivity contribution in [2.45, 2.75) is 31.5 Å². The zero-order valence-electron chi connectivity index (χ0n) is 11.1. The third kappa shape index (κ3) is 5.23. The van der Waals surface area contributed by atoms with Crippen molar-refractivity contribution in [3.63, 3.8) is 0 Å². The van der Waals surface area contributed by atoms with E-state index >= 15 is 0 Å². The van der Waals surface area contributed by atoms with Gasteiger partial charge in [-0.2, -0.15) is 0 Å². The molecule has 1 atom stereocenters. The van der Waals surface area contributed by atoms with Crippen LogP contribution in [0.1, 0.15) is 37.0 Å². The molecule has 1 aromatic rings. The zero-order valence-corrected chi connectivity index (χ0v) is 15.5. The summed E-state index contributed by atoms with van der Waals surface area (Å²) in [6, 6.07) is 5.35. The smallest absolute Gasteiger partial charge is 0.252 e. The summed E-state index contributed by atoms with van der Waals surface area (Å²) in [7, 11) is 0. The Labute approximate surface area is 141 Å². The fourth-order valence-electron chi connectivity index (χ4n) is 1.92. The van der Waals surface area contributed by atoms with Crippen molar-refractivity contribution in [3.8, 4) is 0 Å². The molecule has 0 radical (unpaired) electrons. The Morgan fingerprint density at radius 2 is 2.05 bits per heavy atom. The van der Waals surface area contributed by atoms with E-state index in [0.717, 1.165) is 16.4 Å². The Morgan fingerprint density at radius 1 is 1.42 bits per heavy atom. The lowest BCUT2D eigenvalue weighted by Gasteiger charge is -2.20. The highest BCUT2D eigenvalue weighted by atomic mass is 127. The summed E-state index contributed by atoms with van der Waals surface area (Å²) in [6.45, 7) is 4.97. The van der Waals surface area contributed by atoms with Crippen molar-refractivity contribution in [1.29, 1.82) is 0 Å². The summed E-state index contributed by atoms with van der Waals surface area (Å²) < 4.78 is 0.910. The average Bonchev–Trinajstić information content (AvgIpc) is 2.40. The Kier molecular flexibility index (Phi) is 7.69. The molecule has 0 spiro atoms. The molecule has 1 amide bonds. The largest absolute Gasteiger partial charge is 0.351 e. The van der Waals surface area contributed by atoms with E-state index in [2.05, 4.69) is 57.7 Å². The molecule has 0 saturated heterocycles. The molecule has 1 rings (SSSR count). The van der Waals surface area contributed by atoms with E-state index in [-0.39, 0.29) is 5.91 Å². The van der Waals surface area contributed by atoms with Crippen LogP contribution in [0.4, 0.5) is 0 Å². The van der Waals surface area contributed by atoms with Gasteiger partial charge in [-0.05, 0) is 46.7 Å². The van der Waals surface area contributed by atoms with Gasteiger partial charge in [0.25, 0.3) is 5.91 Å². The normalized spacial score (nSPS) is 12.5. The molecule has 106 valence electrons. The Balaban J connectivity index is 2.63. The molecule has 19 heavy (non-hydrogen) atoms. The number of halogens is 3. The van der Waals surface area contributed by atoms with Gasteiger partial charge >= 0.3 is 0 Å². The van der Waals surface area contributed by atoms with Crippen LogP contribution in [-0.2, 0) is 0 Å². The van der Waals surface area contributed by atoms with Gasteiger partial charge in [0.1, 0.15) is 0 Å². The lowest BCUT2D eigenvalue weighted by molar-refractivity contribution is 0.0951. The number of carbonyl (C=O) groups is 1. The second-order valence-electron chi connectivity index (χ2n) is 4.43. The minimum Gasteiger partial charge on any atom is -0.351 e. The third-order valence-electron chi connectivity index (χ3n) is 3.19. The quantitative estimate of drug-likeness (QED) is 0.478. The molecule has 0 aliphatic heterocycles. The first-order valence-corrected chi connectivity index (χ1v) is 8.74. The monoisotopic (exact) mass is 457 g/mol. The molecule has 0 fully saturated rings. The molecular formula is C14H18BrClINO. The van der Waals surface area contributed by atoms with Crippen molar-refractivity contribution in [3.05, 3.63) is 32.4 Å². The van der Waals surface area contributed by atoms with Crippen LogP contribution in [0.2, 0.25) is 5.02 Å². The highest BCUT2D eigenvalue weighted by Crippen LogP contribution is 2.21. The number of hydrogen-bond acceptors (Lipinski definition) is 1. The summed E-state index contributed by atoms with van der Waals surface area (Å²) in [6.07, 6.45) is 2.22. The number of hydrogen-bond donors (Lipinski definition) is 1. The maximum Gasteiger partial charge on any atom is 0.252 e. The lowest BCUT2D eigenvalue weighted by atomic mass is 9.99. The van der Waals surface area contributed by atoms with Crippen LogP contribution in [-0.4, -0.2) is 17.3 Å². The minimum atomic E-state index is -0.0673. The molecule has 1 unspecified atom stereocenters. The van der Waals surface area contributed by atoms with E-state index in [4.69, 9.17) is 11.6 Å². The topological polar surface area (TPSA) is 29.1 Å². The standard InChI is InChI=1S/C14H18BrClINO/c1-3-9(4-2)12(15)8-18-14(19)11-7-10(16)5-6-13(11)17/h5-7,9,12H,3-4,8H2,1-2H3,(H,18,19). The number of rotatable bonds is 6. The summed E-state index contributed by atoms with van der Waals surface area (Å²) in [5.41, 5.74) is 0.636. The molecule has 5 heteroatoms. The van der Waals surface area contributed by atoms with Crippen molar-refractivity contribution >= 4 is 56.0 Å². The number of carbonyl (C=O) groups excluding carboxylic acids is 1. The molecule has 2 nitrogen and oxygen atoms in total. The van der Waals surface area contributed by atoms with Gasteiger partial charge in [-0.25, -0.2) is 0 Å². The predicted octanol–water partition coefficient (Wildman–Crippen LogP) is 4.87. The van der Waals surface area contributed by atoms with Gasteiger partial charge in [-0.3, -0.25) is 4.79 Å². The van der Waals surface area contributed by atoms with E-state index in [1.165, 1.54) is 0 Å². The Morgan fingerprint density at radius 3 is 2.63 bits per heavy atom. The van der Waals surface area contributed by atoms with Crippen LogP contribution >= 0.6 is 50.1 Å². The molecular weight excluding hydrogens is 440 g/mol. The van der Waals surface area contributed by atoms with Crippen LogP contribution in [0.15, 0.2) is 18.2 Å². The molecule has 0 bridgehead atoms. The van der Waals surface area contributed by atoms with Crippen LogP contribution in [0.3, 0.4) is 0 Å². The summed E-state index contributed by atoms with van der Waals surface area (Å²) >= 11 is 11.7. The number of alkyl halides is 1. The number of amides is 1. The van der Waals surface area contributed by atoms with Gasteiger partial charge in [0.15, 0.2) is 0 Å². The van der Waals surface area contributed by atoms with E-state index < -0.39 is 0 Å². The zero-order chi connectivity index (χ0) is 14.4. The second kappa shape index (κ2) is 8.47. The van der Waals surface area contributed by atoms with Crippen molar-refractivity contribution < 1.29 is 4.79 Å². The van der Waals surface area contributed by atoms with Gasteiger partial charge in [0, 0.05) is 20.0 Å². The van der Waals surface area contributed by atoms with Crippen LogP contribution in [0, 0.1) is 9.49 Å². The van der Waals surface area contributed by atoms with Crippen LogP contribution in [0.5, 0.6) is 0 Å². The van der Waals surface area contributed by atoms with E-state index in [1.54, 1.807) is 12.1 Å². The average molecular weight is 459 g/mol. The Bertz CT molecular complexity index is 437. The first-order valence-electron chi connectivity index (χ1n) is 6.36. The first kappa shape index (κ1) is 17.2. The molecule has 1 N–H and O–H groups in total. The number of nitrogens with one attached hydrogen (secondary N) is 1. The highest BCUT2D eigenvalue weighted by Gasteiger charge is 2.17. The maximum atomic E-state index is 12.1. The van der Waals surface area contributed by atoms with E-state index in [0.29, 0.717) is 27.9 Å². The van der Waals surface area contributed by atoms with Gasteiger partial charge in [-0.1, -0.05) is 54.2 Å². The van der Waals surface area contributed by atoms with Gasteiger partial charge in [-0.15, -0.1) is 0 Å². The summed E-state index contributed by atoms with van der Waals surface area (Å²) in [4.78, 5) is 12.4.